The number of carbonyl (C=O) groups is 2. The van der Waals surface area contributed by atoms with Crippen LogP contribution in [0.25, 0.3) is 0 Å². The van der Waals surface area contributed by atoms with Gasteiger partial charge in [0.05, 0.1) is 0 Å². The summed E-state index contributed by atoms with van der Waals surface area (Å²) in [6, 6.07) is 0.0881. The van der Waals surface area contributed by atoms with Gasteiger partial charge in [-0.3, -0.25) is 9.59 Å². The number of amides is 2. The number of anilines is 1. The molecule has 5 nitrogen and oxygen atoms in total. The SMILES string of the molecule is CCC(C)N(CC(=O)Nc1nccs1)C(=O)C1CCC1. The summed E-state index contributed by atoms with van der Waals surface area (Å²) >= 11 is 1.38. The molecule has 1 N–H and O–H groups in total. The molecule has 1 aliphatic rings. The average molecular weight is 295 g/mol. The lowest BCUT2D eigenvalue weighted by molar-refractivity contribution is -0.142. The number of rotatable bonds is 6. The highest BCUT2D eigenvalue weighted by Crippen LogP contribution is 2.29. The standard InChI is InChI=1S/C14H21N3O2S/c1-3-10(2)17(13(19)11-5-4-6-11)9-12(18)16-14-15-7-8-20-14/h7-8,10-11H,3-6,9H2,1-2H3,(H,15,16,18). The smallest absolute Gasteiger partial charge is 0.245 e. The third-order valence-corrected chi connectivity index (χ3v) is 4.54. The van der Waals surface area contributed by atoms with E-state index in [9.17, 15) is 9.59 Å². The molecule has 0 spiro atoms. The van der Waals surface area contributed by atoms with Crippen molar-refractivity contribution in [3.8, 4) is 0 Å². The largest absolute Gasteiger partial charge is 0.330 e. The van der Waals surface area contributed by atoms with Crippen LogP contribution in [0.4, 0.5) is 5.13 Å². The van der Waals surface area contributed by atoms with Gasteiger partial charge in [-0.05, 0) is 26.2 Å². The van der Waals surface area contributed by atoms with Gasteiger partial charge >= 0.3 is 0 Å². The number of hydrogen-bond donors (Lipinski definition) is 1. The predicted molar refractivity (Wildman–Crippen MR) is 79.6 cm³/mol. The minimum absolute atomic E-state index is 0.0881. The van der Waals surface area contributed by atoms with Gasteiger partial charge in [0, 0.05) is 23.5 Å². The molecule has 20 heavy (non-hydrogen) atoms. The van der Waals surface area contributed by atoms with Gasteiger partial charge in [-0.1, -0.05) is 13.3 Å². The van der Waals surface area contributed by atoms with Crippen LogP contribution < -0.4 is 5.32 Å². The molecule has 1 aliphatic carbocycles. The number of aromatic nitrogens is 1. The van der Waals surface area contributed by atoms with E-state index in [2.05, 4.69) is 10.3 Å². The van der Waals surface area contributed by atoms with Gasteiger partial charge in [0.1, 0.15) is 6.54 Å². The zero-order valence-corrected chi connectivity index (χ0v) is 12.8. The van der Waals surface area contributed by atoms with Crippen molar-refractivity contribution in [2.75, 3.05) is 11.9 Å². The quantitative estimate of drug-likeness (QED) is 0.877. The highest BCUT2D eigenvalue weighted by atomic mass is 32.1. The van der Waals surface area contributed by atoms with Crippen molar-refractivity contribution < 1.29 is 9.59 Å². The molecule has 0 aliphatic heterocycles. The Balaban J connectivity index is 1.95. The molecule has 1 heterocycles. The number of nitrogens with one attached hydrogen (secondary N) is 1. The summed E-state index contributed by atoms with van der Waals surface area (Å²) in [5.41, 5.74) is 0. The molecule has 1 atom stereocenters. The Kier molecular flexibility index (Phi) is 5.11. The molecule has 1 saturated carbocycles. The Bertz CT molecular complexity index is 457. The topological polar surface area (TPSA) is 62.3 Å². The van der Waals surface area contributed by atoms with E-state index < -0.39 is 0 Å². The maximum absolute atomic E-state index is 12.4. The molecule has 1 aromatic rings. The van der Waals surface area contributed by atoms with Gasteiger partial charge in [-0.25, -0.2) is 4.98 Å². The fourth-order valence-corrected chi connectivity index (χ4v) is 2.70. The zero-order chi connectivity index (χ0) is 14.5. The van der Waals surface area contributed by atoms with E-state index in [4.69, 9.17) is 0 Å². The van der Waals surface area contributed by atoms with Crippen LogP contribution in [0, 0.1) is 5.92 Å². The third-order valence-electron chi connectivity index (χ3n) is 3.85. The zero-order valence-electron chi connectivity index (χ0n) is 12.0. The first-order chi connectivity index (χ1) is 9.61. The van der Waals surface area contributed by atoms with Gasteiger partial charge in [-0.15, -0.1) is 11.3 Å². The number of thiazole rings is 1. The monoisotopic (exact) mass is 295 g/mol. The lowest BCUT2D eigenvalue weighted by atomic mass is 9.84. The number of hydrogen-bond acceptors (Lipinski definition) is 4. The maximum Gasteiger partial charge on any atom is 0.245 e. The first-order valence-electron chi connectivity index (χ1n) is 7.11. The lowest BCUT2D eigenvalue weighted by Gasteiger charge is -2.34. The molecule has 0 radical (unpaired) electrons. The van der Waals surface area contributed by atoms with Crippen LogP contribution in [0.1, 0.15) is 39.5 Å². The van der Waals surface area contributed by atoms with Crippen molar-refractivity contribution in [2.45, 2.75) is 45.6 Å². The highest BCUT2D eigenvalue weighted by molar-refractivity contribution is 7.13. The van der Waals surface area contributed by atoms with Crippen LogP contribution in [-0.4, -0.2) is 34.3 Å². The van der Waals surface area contributed by atoms with E-state index in [0.29, 0.717) is 5.13 Å². The first-order valence-corrected chi connectivity index (χ1v) is 7.99. The Labute approximate surface area is 123 Å². The molecule has 0 bridgehead atoms. The summed E-state index contributed by atoms with van der Waals surface area (Å²) < 4.78 is 0. The Hall–Kier alpha value is -1.43. The molecule has 2 amide bonds. The molecule has 1 aromatic heterocycles. The van der Waals surface area contributed by atoms with Crippen molar-refractivity contribution in [3.05, 3.63) is 11.6 Å². The van der Waals surface area contributed by atoms with Gasteiger partial charge in [-0.2, -0.15) is 0 Å². The van der Waals surface area contributed by atoms with Crippen molar-refractivity contribution in [1.82, 2.24) is 9.88 Å². The van der Waals surface area contributed by atoms with Crippen molar-refractivity contribution in [2.24, 2.45) is 5.92 Å². The Morgan fingerprint density at radius 2 is 2.30 bits per heavy atom. The van der Waals surface area contributed by atoms with E-state index in [1.807, 2.05) is 19.2 Å². The second-order valence-corrected chi connectivity index (χ2v) is 6.13. The molecule has 1 unspecified atom stereocenters. The summed E-state index contributed by atoms with van der Waals surface area (Å²) in [5, 5.41) is 5.12. The van der Waals surface area contributed by atoms with E-state index in [-0.39, 0.29) is 30.3 Å². The summed E-state index contributed by atoms with van der Waals surface area (Å²) in [6.07, 6.45) is 5.53. The van der Waals surface area contributed by atoms with E-state index in [0.717, 1.165) is 25.7 Å². The van der Waals surface area contributed by atoms with Crippen LogP contribution >= 0.6 is 11.3 Å². The van der Waals surface area contributed by atoms with Crippen LogP contribution in [0.3, 0.4) is 0 Å². The molecular formula is C14H21N3O2S. The minimum atomic E-state index is -0.173. The lowest BCUT2D eigenvalue weighted by Crippen LogP contribution is -2.47. The summed E-state index contributed by atoms with van der Waals surface area (Å²) in [4.78, 5) is 30.2. The van der Waals surface area contributed by atoms with Crippen LogP contribution in [0.15, 0.2) is 11.6 Å². The molecule has 6 heteroatoms. The van der Waals surface area contributed by atoms with Gasteiger partial charge in [0.2, 0.25) is 11.8 Å². The molecule has 0 saturated heterocycles. The fraction of sp³-hybridized carbons (Fsp3) is 0.643. The van der Waals surface area contributed by atoms with Crippen LogP contribution in [-0.2, 0) is 9.59 Å². The molecule has 1 fully saturated rings. The van der Waals surface area contributed by atoms with Gasteiger partial charge in [0.15, 0.2) is 5.13 Å². The van der Waals surface area contributed by atoms with Gasteiger partial charge < -0.3 is 10.2 Å². The second kappa shape index (κ2) is 6.83. The summed E-state index contributed by atoms with van der Waals surface area (Å²) in [7, 11) is 0. The first kappa shape index (κ1) is 15.0. The van der Waals surface area contributed by atoms with Crippen LogP contribution in [0.2, 0.25) is 0 Å². The van der Waals surface area contributed by atoms with Gasteiger partial charge in [0.25, 0.3) is 0 Å². The Morgan fingerprint density at radius 1 is 1.55 bits per heavy atom. The summed E-state index contributed by atoms with van der Waals surface area (Å²) in [6.45, 7) is 4.14. The van der Waals surface area contributed by atoms with Crippen molar-refractivity contribution >= 4 is 28.3 Å². The van der Waals surface area contributed by atoms with Crippen molar-refractivity contribution in [1.29, 1.82) is 0 Å². The molecule has 2 rings (SSSR count). The van der Waals surface area contributed by atoms with E-state index in [1.165, 1.54) is 11.3 Å². The summed E-state index contributed by atoms with van der Waals surface area (Å²) in [5.74, 6) is 0.0736. The number of carbonyl (C=O) groups excluding carboxylic acids is 2. The molecule has 110 valence electrons. The maximum atomic E-state index is 12.4. The third kappa shape index (κ3) is 3.56. The number of nitrogens with zero attached hydrogens (tertiary/aromatic N) is 2. The predicted octanol–water partition coefficient (Wildman–Crippen LogP) is 2.51. The molecule has 0 aromatic carbocycles. The highest BCUT2D eigenvalue weighted by Gasteiger charge is 2.32. The molecular weight excluding hydrogens is 274 g/mol. The Morgan fingerprint density at radius 3 is 2.80 bits per heavy atom. The van der Waals surface area contributed by atoms with Crippen molar-refractivity contribution in [3.63, 3.8) is 0 Å². The average Bonchev–Trinajstić information content (AvgIpc) is 2.85. The normalized spacial score (nSPS) is 16.3. The fourth-order valence-electron chi connectivity index (χ4n) is 2.16. The van der Waals surface area contributed by atoms with Crippen LogP contribution in [0.5, 0.6) is 0 Å². The van der Waals surface area contributed by atoms with E-state index >= 15 is 0 Å². The minimum Gasteiger partial charge on any atom is -0.330 e. The second-order valence-electron chi connectivity index (χ2n) is 5.24. The van der Waals surface area contributed by atoms with E-state index in [1.54, 1.807) is 11.1 Å².